The molecule has 1 atom stereocenters. The number of carbonyl (C=O) groups is 1. The Morgan fingerprint density at radius 2 is 2.04 bits per heavy atom. The first-order valence-corrected chi connectivity index (χ1v) is 7.22. The van der Waals surface area contributed by atoms with Gasteiger partial charge in [-0.3, -0.25) is 4.79 Å². The topological polar surface area (TPSA) is 54.9 Å². The number of hydrogen-bond donors (Lipinski definition) is 2. The molecule has 0 aromatic heterocycles. The molecule has 0 bridgehead atoms. The molecule has 1 amide bonds. The van der Waals surface area contributed by atoms with Crippen molar-refractivity contribution in [1.82, 2.24) is 0 Å². The predicted molar refractivity (Wildman–Crippen MR) is 83.2 cm³/mol. The number of hydrogen-bond acceptors (Lipinski definition) is 2. The van der Waals surface area contributed by atoms with E-state index in [1.54, 1.807) is 43.6 Å². The zero-order valence-corrected chi connectivity index (χ0v) is 13.0. The van der Waals surface area contributed by atoms with Gasteiger partial charge in [-0.15, -0.1) is 0 Å². The second-order valence-corrected chi connectivity index (χ2v) is 5.17. The van der Waals surface area contributed by atoms with Crippen molar-refractivity contribution >= 4 is 11.6 Å². The first kappa shape index (κ1) is 16.9. The second-order valence-electron chi connectivity index (χ2n) is 5.17. The smallest absolute Gasteiger partial charge is 0.279 e. The molecular weight excluding hydrogens is 302 g/mol. The van der Waals surface area contributed by atoms with Crippen LogP contribution in [0.25, 0.3) is 0 Å². The number of halogens is 2. The molecule has 0 fully saturated rings. The SMILES string of the molecule is COc1cccc(NC(=O)C[NH2+][C@H](C)c2ccc(F)cc2F)c1. The molecule has 23 heavy (non-hydrogen) atoms. The van der Waals surface area contributed by atoms with E-state index in [-0.39, 0.29) is 18.5 Å². The molecule has 0 aliphatic heterocycles. The lowest BCUT2D eigenvalue weighted by Crippen LogP contribution is -2.86. The third-order valence-corrected chi connectivity index (χ3v) is 3.46. The van der Waals surface area contributed by atoms with E-state index in [1.165, 1.54) is 12.1 Å². The highest BCUT2D eigenvalue weighted by Crippen LogP contribution is 2.16. The molecule has 0 heterocycles. The quantitative estimate of drug-likeness (QED) is 0.857. The summed E-state index contributed by atoms with van der Waals surface area (Å²) in [5, 5.41) is 4.43. The van der Waals surface area contributed by atoms with Crippen LogP contribution in [0.15, 0.2) is 42.5 Å². The van der Waals surface area contributed by atoms with Gasteiger partial charge in [0.1, 0.15) is 23.4 Å². The summed E-state index contributed by atoms with van der Waals surface area (Å²) in [4.78, 5) is 11.9. The van der Waals surface area contributed by atoms with Crippen molar-refractivity contribution in [3.8, 4) is 5.75 Å². The van der Waals surface area contributed by atoms with Crippen LogP contribution in [0, 0.1) is 11.6 Å². The number of methoxy groups -OCH3 is 1. The first-order valence-electron chi connectivity index (χ1n) is 7.22. The Hall–Kier alpha value is -2.47. The lowest BCUT2D eigenvalue weighted by molar-refractivity contribution is -0.682. The fraction of sp³-hybridized carbons (Fsp3) is 0.235. The van der Waals surface area contributed by atoms with E-state index in [0.717, 1.165) is 6.07 Å². The number of quaternary nitrogens is 1. The first-order chi connectivity index (χ1) is 11.0. The molecule has 122 valence electrons. The van der Waals surface area contributed by atoms with Gasteiger partial charge in [-0.05, 0) is 31.2 Å². The van der Waals surface area contributed by atoms with Crippen LogP contribution in [0.5, 0.6) is 5.75 Å². The molecule has 0 saturated carbocycles. The van der Waals surface area contributed by atoms with Crippen LogP contribution in [0.4, 0.5) is 14.5 Å². The van der Waals surface area contributed by atoms with Crippen molar-refractivity contribution < 1.29 is 23.6 Å². The van der Waals surface area contributed by atoms with Crippen molar-refractivity contribution in [2.24, 2.45) is 0 Å². The van der Waals surface area contributed by atoms with E-state index in [4.69, 9.17) is 4.74 Å². The molecule has 0 spiro atoms. The van der Waals surface area contributed by atoms with Gasteiger partial charge in [-0.1, -0.05) is 6.07 Å². The van der Waals surface area contributed by atoms with E-state index >= 15 is 0 Å². The number of nitrogens with two attached hydrogens (primary N) is 1. The Kier molecular flexibility index (Phi) is 5.65. The van der Waals surface area contributed by atoms with Crippen LogP contribution >= 0.6 is 0 Å². The fourth-order valence-corrected chi connectivity index (χ4v) is 2.19. The molecule has 0 aliphatic carbocycles. The predicted octanol–water partition coefficient (Wildman–Crippen LogP) is 2.24. The van der Waals surface area contributed by atoms with Gasteiger partial charge in [0.15, 0.2) is 6.54 Å². The van der Waals surface area contributed by atoms with Crippen LogP contribution in [-0.2, 0) is 4.79 Å². The molecule has 0 unspecified atom stereocenters. The van der Waals surface area contributed by atoms with E-state index in [0.29, 0.717) is 17.0 Å². The summed E-state index contributed by atoms with van der Waals surface area (Å²) in [5.74, 6) is -0.794. The summed E-state index contributed by atoms with van der Waals surface area (Å²) in [6.45, 7) is 1.88. The van der Waals surface area contributed by atoms with Gasteiger partial charge in [0.25, 0.3) is 5.91 Å². The Morgan fingerprint density at radius 3 is 2.74 bits per heavy atom. The highest BCUT2D eigenvalue weighted by atomic mass is 19.1. The minimum absolute atomic E-state index is 0.120. The molecule has 4 nitrogen and oxygen atoms in total. The van der Waals surface area contributed by atoms with Crippen LogP contribution in [0.3, 0.4) is 0 Å². The third kappa shape index (κ3) is 4.75. The molecule has 0 saturated heterocycles. The van der Waals surface area contributed by atoms with Gasteiger partial charge in [0.05, 0.1) is 7.11 Å². The summed E-state index contributed by atoms with van der Waals surface area (Å²) < 4.78 is 31.7. The molecule has 2 rings (SSSR count). The maximum absolute atomic E-state index is 13.7. The summed E-state index contributed by atoms with van der Waals surface area (Å²) in [7, 11) is 1.55. The Bertz CT molecular complexity index is 692. The lowest BCUT2D eigenvalue weighted by Gasteiger charge is -2.12. The zero-order valence-electron chi connectivity index (χ0n) is 13.0. The third-order valence-electron chi connectivity index (χ3n) is 3.46. The number of carbonyl (C=O) groups excluding carboxylic acids is 1. The van der Waals surface area contributed by atoms with Crippen molar-refractivity contribution in [2.45, 2.75) is 13.0 Å². The molecule has 3 N–H and O–H groups in total. The number of benzene rings is 2. The second kappa shape index (κ2) is 7.69. The van der Waals surface area contributed by atoms with E-state index in [1.807, 2.05) is 0 Å². The van der Waals surface area contributed by atoms with Gasteiger partial charge in [0.2, 0.25) is 0 Å². The van der Waals surface area contributed by atoms with Gasteiger partial charge in [0, 0.05) is 23.4 Å². The molecule has 0 aliphatic rings. The van der Waals surface area contributed by atoms with Gasteiger partial charge in [-0.25, -0.2) is 8.78 Å². The van der Waals surface area contributed by atoms with Crippen molar-refractivity contribution in [2.75, 3.05) is 19.0 Å². The van der Waals surface area contributed by atoms with Crippen LogP contribution in [0.1, 0.15) is 18.5 Å². The maximum Gasteiger partial charge on any atom is 0.279 e. The zero-order chi connectivity index (χ0) is 16.8. The minimum Gasteiger partial charge on any atom is -0.497 e. The number of amides is 1. The number of rotatable bonds is 6. The van der Waals surface area contributed by atoms with Gasteiger partial charge >= 0.3 is 0 Å². The maximum atomic E-state index is 13.7. The molecule has 2 aromatic carbocycles. The van der Waals surface area contributed by atoms with E-state index in [9.17, 15) is 13.6 Å². The molecule has 0 radical (unpaired) electrons. The molecule has 2 aromatic rings. The fourth-order valence-electron chi connectivity index (χ4n) is 2.19. The Morgan fingerprint density at radius 1 is 1.26 bits per heavy atom. The Labute approximate surface area is 133 Å². The van der Waals surface area contributed by atoms with Crippen molar-refractivity contribution in [3.05, 3.63) is 59.7 Å². The summed E-state index contributed by atoms with van der Waals surface area (Å²) in [6, 6.07) is 10.2. The van der Waals surface area contributed by atoms with E-state index < -0.39 is 11.6 Å². The summed E-state index contributed by atoms with van der Waals surface area (Å²) in [6.07, 6.45) is 0. The van der Waals surface area contributed by atoms with Crippen LogP contribution in [-0.4, -0.2) is 19.6 Å². The van der Waals surface area contributed by atoms with Crippen LogP contribution in [0.2, 0.25) is 0 Å². The summed E-state index contributed by atoms with van der Waals surface area (Å²) in [5.41, 5.74) is 0.990. The van der Waals surface area contributed by atoms with Gasteiger partial charge < -0.3 is 15.4 Å². The standard InChI is InChI=1S/C17H18F2N2O2/c1-11(15-7-6-12(18)8-16(15)19)20-10-17(22)21-13-4-3-5-14(9-13)23-2/h3-9,11,20H,10H2,1-2H3,(H,21,22)/p+1/t11-/m1/s1. The van der Waals surface area contributed by atoms with Gasteiger partial charge in [-0.2, -0.15) is 0 Å². The minimum atomic E-state index is -0.616. The largest absolute Gasteiger partial charge is 0.497 e. The average Bonchev–Trinajstić information content (AvgIpc) is 2.53. The summed E-state index contributed by atoms with van der Waals surface area (Å²) >= 11 is 0. The Balaban J connectivity index is 1.90. The monoisotopic (exact) mass is 321 g/mol. The number of anilines is 1. The average molecular weight is 321 g/mol. The normalized spacial score (nSPS) is 11.8. The van der Waals surface area contributed by atoms with Crippen molar-refractivity contribution in [1.29, 1.82) is 0 Å². The highest BCUT2D eigenvalue weighted by molar-refractivity contribution is 5.91. The number of nitrogens with one attached hydrogen (secondary N) is 1. The van der Waals surface area contributed by atoms with Crippen molar-refractivity contribution in [3.63, 3.8) is 0 Å². The van der Waals surface area contributed by atoms with E-state index in [2.05, 4.69) is 5.32 Å². The molecular formula is C17H19F2N2O2+. The van der Waals surface area contributed by atoms with Crippen LogP contribution < -0.4 is 15.4 Å². The highest BCUT2D eigenvalue weighted by Gasteiger charge is 2.16. The molecule has 6 heteroatoms. The lowest BCUT2D eigenvalue weighted by atomic mass is 10.1. The number of ether oxygens (including phenoxy) is 1.